The molecule has 96 heavy (non-hydrogen) atoms. The molecule has 7 rings (SSSR count). The maximum absolute atomic E-state index is 15.4. The Morgan fingerprint density at radius 3 is 1.86 bits per heavy atom. The van der Waals surface area contributed by atoms with E-state index in [1.165, 1.54) is 70.6 Å². The van der Waals surface area contributed by atoms with Gasteiger partial charge in [0.15, 0.2) is 0 Å². The number of nitrogens with one attached hydrogen (secondary N) is 4. The molecule has 10 atom stereocenters. The van der Waals surface area contributed by atoms with Gasteiger partial charge < -0.3 is 55.6 Å². The molecule has 2 aliphatic carbocycles. The van der Waals surface area contributed by atoms with Crippen molar-refractivity contribution in [2.24, 2.45) is 17.8 Å². The fourth-order valence-corrected chi connectivity index (χ4v) is 14.7. The topological polar surface area (TPSA) is 259 Å². The Labute approximate surface area is 568 Å². The first-order valence-corrected chi connectivity index (χ1v) is 34.6. The quantitative estimate of drug-likeness (QED) is 0.208. The highest BCUT2D eigenvalue weighted by atomic mass is 35.5. The van der Waals surface area contributed by atoms with Crippen molar-refractivity contribution in [1.29, 1.82) is 0 Å². The maximum Gasteiger partial charge on any atom is 0.417 e. The Hall–Kier alpha value is -7.31. The molecule has 0 radical (unpaired) electrons. The van der Waals surface area contributed by atoms with Gasteiger partial charge in [0.25, 0.3) is 0 Å². The summed E-state index contributed by atoms with van der Waals surface area (Å²) < 4.78 is 41.5. The van der Waals surface area contributed by atoms with Gasteiger partial charge in [0, 0.05) is 67.2 Å². The number of aryl methyl sites for hydroxylation is 2. The number of alkyl halides is 3. The molecular formula is C70H101ClF3N11O11. The molecule has 2 aromatic carbocycles. The highest BCUT2D eigenvalue weighted by Gasteiger charge is 2.51. The normalized spacial score (nSPS) is 27.3. The molecule has 11 amide bonds. The molecule has 26 heteroatoms. The first-order valence-electron chi connectivity index (χ1n) is 34.2. The number of halogens is 4. The highest BCUT2D eigenvalue weighted by molar-refractivity contribution is 6.31. The molecule has 0 unspecified atom stereocenters. The number of fused-ring (bicyclic) bond motifs is 2. The molecule has 3 heterocycles. The number of hydrogen-bond donors (Lipinski definition) is 4. The van der Waals surface area contributed by atoms with Gasteiger partial charge in [-0.25, -0.2) is 0 Å². The number of hydrogen-bond acceptors (Lipinski definition) is 11. The van der Waals surface area contributed by atoms with Crippen molar-refractivity contribution in [3.63, 3.8) is 0 Å². The molecule has 1 spiro atoms. The van der Waals surface area contributed by atoms with Gasteiger partial charge in [-0.15, -0.1) is 0 Å². The third-order valence-electron chi connectivity index (χ3n) is 20.6. The van der Waals surface area contributed by atoms with Crippen LogP contribution in [0.1, 0.15) is 167 Å². The van der Waals surface area contributed by atoms with Crippen LogP contribution < -0.4 is 21.3 Å². The minimum absolute atomic E-state index is 0.0275. The average Bonchev–Trinajstić information content (AvgIpc) is 1.34. The second-order valence-electron chi connectivity index (χ2n) is 28.1. The van der Waals surface area contributed by atoms with Gasteiger partial charge in [0.2, 0.25) is 65.0 Å². The third-order valence-corrected chi connectivity index (χ3v) is 21.0. The molecule has 2 saturated carbocycles. The van der Waals surface area contributed by atoms with E-state index in [1.807, 2.05) is 39.8 Å². The predicted molar refractivity (Wildman–Crippen MR) is 355 cm³/mol. The lowest BCUT2D eigenvalue weighted by molar-refractivity contribution is -0.160. The smallest absolute Gasteiger partial charge is 0.351 e. The van der Waals surface area contributed by atoms with Gasteiger partial charge in [0.1, 0.15) is 53.9 Å². The van der Waals surface area contributed by atoms with Gasteiger partial charge in [-0.05, 0) is 126 Å². The summed E-state index contributed by atoms with van der Waals surface area (Å²) in [5, 5.41) is 11.2. The monoisotopic (exact) mass is 1360 g/mol. The molecule has 0 aromatic heterocycles. The average molecular weight is 1370 g/mol. The minimum Gasteiger partial charge on any atom is -0.351 e. The molecular weight excluding hydrogens is 1260 g/mol. The fraction of sp³-hybridized carbons (Fsp3) is 0.671. The van der Waals surface area contributed by atoms with E-state index in [1.54, 1.807) is 33.0 Å². The summed E-state index contributed by atoms with van der Waals surface area (Å²) in [6, 6.07) is 0.380. The molecule has 0 bridgehead atoms. The van der Waals surface area contributed by atoms with Gasteiger partial charge in [-0.2, -0.15) is 13.2 Å². The van der Waals surface area contributed by atoms with Crippen LogP contribution in [0.15, 0.2) is 42.5 Å². The molecule has 22 nitrogen and oxygen atoms in total. The molecule has 3 saturated heterocycles. The summed E-state index contributed by atoms with van der Waals surface area (Å²) in [4.78, 5) is 172. The lowest BCUT2D eigenvalue weighted by Crippen LogP contribution is -2.65. The SMILES string of the molecule is CC[C@H](C)[C@@H]1NC(=O)[C@H](CC(C)C)N(C)C(=O)C[C@@H](C)NC(=O)[C@H](C2CCCCC2)N(C)C(=O)C2(CCCC2)NC(=O)[C@@H]2CCCN2C(=O)[C@H](CCc2ccc(C(F)(F)F)c(Cl)c2)NC(=O)CN(C)C(=O)[C@H](Cc2ccc(C)cc2)N(C)C(=O)[C@@H]2CCN2C(=O)[C@H](C)N(C)C1=O. The number of likely N-dealkylation sites (N-methyl/N-ethyl adjacent to an activating group) is 5. The van der Waals surface area contributed by atoms with Gasteiger partial charge in [-0.3, -0.25) is 52.7 Å². The van der Waals surface area contributed by atoms with Crippen LogP contribution in [-0.2, 0) is 71.8 Å². The van der Waals surface area contributed by atoms with Gasteiger partial charge in [-0.1, -0.05) is 114 Å². The van der Waals surface area contributed by atoms with E-state index in [0.29, 0.717) is 49.7 Å². The minimum atomic E-state index is -4.75. The zero-order valence-corrected chi connectivity index (χ0v) is 58.7. The van der Waals surface area contributed by atoms with Crippen LogP contribution in [0, 0.1) is 24.7 Å². The largest absolute Gasteiger partial charge is 0.417 e. The van der Waals surface area contributed by atoms with Crippen LogP contribution in [0.5, 0.6) is 0 Å². The number of amides is 11. The molecule has 3 aliphatic heterocycles. The van der Waals surface area contributed by atoms with Crippen LogP contribution >= 0.6 is 11.6 Å². The Balaban J connectivity index is 1.26. The van der Waals surface area contributed by atoms with E-state index in [9.17, 15) is 56.3 Å². The van der Waals surface area contributed by atoms with Crippen LogP contribution in [0.25, 0.3) is 0 Å². The Morgan fingerprint density at radius 1 is 0.635 bits per heavy atom. The van der Waals surface area contributed by atoms with E-state index in [-0.39, 0.29) is 82.7 Å². The predicted octanol–water partition coefficient (Wildman–Crippen LogP) is 6.20. The fourth-order valence-electron chi connectivity index (χ4n) is 14.3. The summed E-state index contributed by atoms with van der Waals surface area (Å²) >= 11 is 6.15. The van der Waals surface area contributed by atoms with Crippen LogP contribution in [-0.4, -0.2) is 214 Å². The highest BCUT2D eigenvalue weighted by Crippen LogP contribution is 2.38. The lowest BCUT2D eigenvalue weighted by atomic mass is 9.82. The number of carbonyl (C=O) groups excluding carboxylic acids is 11. The second kappa shape index (κ2) is 32.8. The van der Waals surface area contributed by atoms with Crippen molar-refractivity contribution >= 4 is 76.6 Å². The molecule has 2 aromatic rings. The summed E-state index contributed by atoms with van der Waals surface area (Å²) in [5.41, 5.74) is -0.665. The summed E-state index contributed by atoms with van der Waals surface area (Å²) in [7, 11) is 7.27. The zero-order chi connectivity index (χ0) is 70.8. The van der Waals surface area contributed by atoms with Crippen molar-refractivity contribution < 1.29 is 65.9 Å². The molecule has 4 N–H and O–H groups in total. The number of nitrogens with zero attached hydrogens (tertiary/aromatic N) is 7. The van der Waals surface area contributed by atoms with Crippen molar-refractivity contribution in [2.45, 2.75) is 230 Å². The van der Waals surface area contributed by atoms with E-state index in [0.717, 1.165) is 41.9 Å². The molecule has 530 valence electrons. The summed E-state index contributed by atoms with van der Waals surface area (Å²) in [6.45, 7) is 12.1. The van der Waals surface area contributed by atoms with Crippen molar-refractivity contribution in [2.75, 3.05) is 54.9 Å². The summed E-state index contributed by atoms with van der Waals surface area (Å²) in [5.74, 6) is -7.51. The van der Waals surface area contributed by atoms with Crippen LogP contribution in [0.2, 0.25) is 5.02 Å². The Kier molecular flexibility index (Phi) is 26.0. The standard InChI is InChI=1S/C70H101ClF3N11O11/c1-13-43(5)58-67(95)80(9)45(7)63(91)85-35-31-53(85)66(94)82(11)55(39-47-25-23-42(4)24-26-47)65(93)79(8)40-56(86)76-51(30-28-46-27-29-49(50(71)38-46)70(72,73)74)64(92)84-34-19-22-52(84)61(89)78-69(32-17-18-33-69)68(96)83(12)59(48-20-15-14-16-21-48)62(90)75-44(6)37-57(87)81(10)54(36-41(2)3)60(88)77-58/h23-27,29,38,41,43-45,48,51-55,58-59H,13-22,28,30-37,39-40H2,1-12H3,(H,75,90)(H,76,86)(H,77,88)(H,78,89)/t43-,44+,45-,51-,52-,53-,54-,55-,58-,59-/m0/s1. The second-order valence-corrected chi connectivity index (χ2v) is 28.6. The van der Waals surface area contributed by atoms with Crippen molar-refractivity contribution in [3.8, 4) is 0 Å². The summed E-state index contributed by atoms with van der Waals surface area (Å²) in [6.07, 6.45) is 1.44. The number of carbonyl (C=O) groups is 11. The van der Waals surface area contributed by atoms with E-state index >= 15 is 9.59 Å². The van der Waals surface area contributed by atoms with E-state index in [2.05, 4.69) is 21.3 Å². The van der Waals surface area contributed by atoms with Crippen molar-refractivity contribution in [1.82, 2.24) is 55.6 Å². The third kappa shape index (κ3) is 18.1. The van der Waals surface area contributed by atoms with Crippen LogP contribution in [0.3, 0.4) is 0 Å². The zero-order valence-electron chi connectivity index (χ0n) is 58.0. The van der Waals surface area contributed by atoms with Gasteiger partial charge >= 0.3 is 6.18 Å². The van der Waals surface area contributed by atoms with Gasteiger partial charge in [0.05, 0.1) is 17.1 Å². The first kappa shape index (κ1) is 76.1. The van der Waals surface area contributed by atoms with E-state index < -0.39 is 154 Å². The number of benzene rings is 2. The van der Waals surface area contributed by atoms with Crippen LogP contribution in [0.4, 0.5) is 13.2 Å². The van der Waals surface area contributed by atoms with E-state index in [4.69, 9.17) is 11.6 Å². The Morgan fingerprint density at radius 2 is 1.27 bits per heavy atom. The van der Waals surface area contributed by atoms with Crippen molar-refractivity contribution in [3.05, 3.63) is 69.7 Å². The maximum atomic E-state index is 15.4. The Bertz CT molecular complexity index is 3180. The molecule has 5 aliphatic rings. The first-order chi connectivity index (χ1) is 45.2. The lowest BCUT2D eigenvalue weighted by Gasteiger charge is -2.45. The molecule has 5 fully saturated rings. The number of rotatable bonds is 10.